The van der Waals surface area contributed by atoms with Crippen molar-refractivity contribution in [3.05, 3.63) is 58.9 Å². The van der Waals surface area contributed by atoms with E-state index in [1.54, 1.807) is 18.2 Å². The van der Waals surface area contributed by atoms with Gasteiger partial charge in [0, 0.05) is 11.6 Å². The summed E-state index contributed by atoms with van der Waals surface area (Å²) >= 11 is 5.82. The molecule has 1 N–H and O–H groups in total. The molecule has 0 unspecified atom stereocenters. The molecule has 0 aliphatic rings. The Morgan fingerprint density at radius 2 is 1.95 bits per heavy atom. The summed E-state index contributed by atoms with van der Waals surface area (Å²) in [5.41, 5.74) is 1.33. The summed E-state index contributed by atoms with van der Waals surface area (Å²) in [6.07, 6.45) is 0. The van der Waals surface area contributed by atoms with Crippen LogP contribution in [-0.4, -0.2) is 6.61 Å². The Bertz CT molecular complexity index is 623. The SMILES string of the molecule is N#CCOc1ccc(CNc2cc(Cl)ccc2F)cc1. The van der Waals surface area contributed by atoms with Crippen LogP contribution in [0.5, 0.6) is 5.75 Å². The second-order valence-electron chi connectivity index (χ2n) is 4.07. The molecule has 2 rings (SSSR count). The zero-order valence-corrected chi connectivity index (χ0v) is 11.3. The van der Waals surface area contributed by atoms with E-state index in [1.807, 2.05) is 18.2 Å². The topological polar surface area (TPSA) is 45.0 Å². The molecule has 0 aromatic heterocycles. The molecule has 20 heavy (non-hydrogen) atoms. The lowest BCUT2D eigenvalue weighted by molar-refractivity contribution is 0.368. The quantitative estimate of drug-likeness (QED) is 0.905. The minimum absolute atomic E-state index is 0.0192. The predicted octanol–water partition coefficient (Wildman–Crippen LogP) is 3.99. The summed E-state index contributed by atoms with van der Waals surface area (Å²) in [4.78, 5) is 0. The molecule has 0 radical (unpaired) electrons. The molecule has 3 nitrogen and oxygen atoms in total. The molecule has 102 valence electrons. The number of anilines is 1. The van der Waals surface area contributed by atoms with Gasteiger partial charge < -0.3 is 10.1 Å². The number of halogens is 2. The summed E-state index contributed by atoms with van der Waals surface area (Å²) < 4.78 is 18.7. The highest BCUT2D eigenvalue weighted by atomic mass is 35.5. The van der Waals surface area contributed by atoms with Crippen LogP contribution in [0.4, 0.5) is 10.1 Å². The zero-order chi connectivity index (χ0) is 14.4. The van der Waals surface area contributed by atoms with E-state index in [0.29, 0.717) is 23.0 Å². The number of nitrogens with zero attached hydrogens (tertiary/aromatic N) is 1. The number of hydrogen-bond acceptors (Lipinski definition) is 3. The van der Waals surface area contributed by atoms with E-state index in [0.717, 1.165) is 5.56 Å². The van der Waals surface area contributed by atoms with E-state index in [-0.39, 0.29) is 12.4 Å². The Morgan fingerprint density at radius 3 is 2.65 bits per heavy atom. The molecular formula is C15H12ClFN2O. The molecule has 0 aliphatic carbocycles. The van der Waals surface area contributed by atoms with Crippen molar-refractivity contribution in [1.29, 1.82) is 5.26 Å². The lowest BCUT2D eigenvalue weighted by Gasteiger charge is -2.09. The molecule has 0 atom stereocenters. The minimum Gasteiger partial charge on any atom is -0.479 e. The first-order valence-electron chi connectivity index (χ1n) is 5.96. The summed E-state index contributed by atoms with van der Waals surface area (Å²) in [6.45, 7) is 0.487. The second-order valence-corrected chi connectivity index (χ2v) is 4.50. The van der Waals surface area contributed by atoms with Gasteiger partial charge in [0.15, 0.2) is 6.61 Å². The van der Waals surface area contributed by atoms with Gasteiger partial charge in [-0.3, -0.25) is 0 Å². The monoisotopic (exact) mass is 290 g/mol. The van der Waals surface area contributed by atoms with Gasteiger partial charge in [-0.2, -0.15) is 5.26 Å². The fourth-order valence-electron chi connectivity index (χ4n) is 1.65. The Morgan fingerprint density at radius 1 is 1.20 bits per heavy atom. The van der Waals surface area contributed by atoms with Gasteiger partial charge in [0.1, 0.15) is 17.6 Å². The smallest absolute Gasteiger partial charge is 0.174 e. The van der Waals surface area contributed by atoms with Crippen molar-refractivity contribution in [2.24, 2.45) is 0 Å². The lowest BCUT2D eigenvalue weighted by Crippen LogP contribution is -2.01. The van der Waals surface area contributed by atoms with Crippen molar-refractivity contribution in [3.8, 4) is 11.8 Å². The molecule has 5 heteroatoms. The maximum absolute atomic E-state index is 13.5. The summed E-state index contributed by atoms with van der Waals surface area (Å²) in [7, 11) is 0. The van der Waals surface area contributed by atoms with Gasteiger partial charge in [0.25, 0.3) is 0 Å². The first-order chi connectivity index (χ1) is 9.69. The van der Waals surface area contributed by atoms with Gasteiger partial charge in [-0.25, -0.2) is 4.39 Å². The molecule has 2 aromatic rings. The zero-order valence-electron chi connectivity index (χ0n) is 10.6. The molecule has 0 bridgehead atoms. The molecular weight excluding hydrogens is 279 g/mol. The number of rotatable bonds is 5. The highest BCUT2D eigenvalue weighted by Crippen LogP contribution is 2.20. The number of benzene rings is 2. The highest BCUT2D eigenvalue weighted by Gasteiger charge is 2.02. The largest absolute Gasteiger partial charge is 0.479 e. The van der Waals surface area contributed by atoms with E-state index in [9.17, 15) is 4.39 Å². The number of ether oxygens (including phenoxy) is 1. The van der Waals surface area contributed by atoms with Gasteiger partial charge >= 0.3 is 0 Å². The Kier molecular flexibility index (Phi) is 4.80. The maximum Gasteiger partial charge on any atom is 0.174 e. The first kappa shape index (κ1) is 14.2. The van der Waals surface area contributed by atoms with Crippen LogP contribution in [0, 0.1) is 17.1 Å². The van der Waals surface area contributed by atoms with Crippen LogP contribution in [0.1, 0.15) is 5.56 Å². The average Bonchev–Trinajstić information content (AvgIpc) is 2.47. The number of nitrogens with one attached hydrogen (secondary N) is 1. The maximum atomic E-state index is 13.5. The van der Waals surface area contributed by atoms with Crippen LogP contribution in [0.15, 0.2) is 42.5 Å². The second kappa shape index (κ2) is 6.78. The van der Waals surface area contributed by atoms with Gasteiger partial charge in [-0.05, 0) is 35.9 Å². The minimum atomic E-state index is -0.344. The van der Waals surface area contributed by atoms with Crippen molar-refractivity contribution in [2.75, 3.05) is 11.9 Å². The Balaban J connectivity index is 1.97. The first-order valence-corrected chi connectivity index (χ1v) is 6.34. The van der Waals surface area contributed by atoms with Crippen LogP contribution in [0.25, 0.3) is 0 Å². The number of hydrogen-bond donors (Lipinski definition) is 1. The standard InChI is InChI=1S/C15H12ClFN2O/c16-12-3-6-14(17)15(9-12)19-10-11-1-4-13(5-2-11)20-8-7-18/h1-6,9,19H,8,10H2. The summed E-state index contributed by atoms with van der Waals surface area (Å²) in [6, 6.07) is 13.5. The third kappa shape index (κ3) is 3.87. The van der Waals surface area contributed by atoms with Gasteiger partial charge in [-0.15, -0.1) is 0 Å². The van der Waals surface area contributed by atoms with E-state index >= 15 is 0 Å². The van der Waals surface area contributed by atoms with Crippen LogP contribution in [0.2, 0.25) is 5.02 Å². The third-order valence-corrected chi connectivity index (χ3v) is 2.87. The Hall–Kier alpha value is -2.25. The van der Waals surface area contributed by atoms with E-state index < -0.39 is 0 Å². The fourth-order valence-corrected chi connectivity index (χ4v) is 1.82. The lowest BCUT2D eigenvalue weighted by atomic mass is 10.2. The fraction of sp³-hybridized carbons (Fsp3) is 0.133. The molecule has 0 fully saturated rings. The van der Waals surface area contributed by atoms with Gasteiger partial charge in [-0.1, -0.05) is 23.7 Å². The average molecular weight is 291 g/mol. The summed E-state index contributed by atoms with van der Waals surface area (Å²) in [5, 5.41) is 11.9. The third-order valence-electron chi connectivity index (χ3n) is 2.64. The molecule has 0 saturated carbocycles. The van der Waals surface area contributed by atoms with Crippen LogP contribution >= 0.6 is 11.6 Å². The normalized spacial score (nSPS) is 9.85. The molecule has 0 aliphatic heterocycles. The molecule has 2 aromatic carbocycles. The molecule has 0 heterocycles. The Labute approximate surface area is 121 Å². The van der Waals surface area contributed by atoms with E-state index in [2.05, 4.69) is 5.32 Å². The van der Waals surface area contributed by atoms with Gasteiger partial charge in [0.2, 0.25) is 0 Å². The van der Waals surface area contributed by atoms with Crippen molar-refractivity contribution in [3.63, 3.8) is 0 Å². The van der Waals surface area contributed by atoms with Crippen LogP contribution < -0.4 is 10.1 Å². The van der Waals surface area contributed by atoms with E-state index in [4.69, 9.17) is 21.6 Å². The molecule has 0 saturated heterocycles. The van der Waals surface area contributed by atoms with Crippen molar-refractivity contribution >= 4 is 17.3 Å². The summed E-state index contributed by atoms with van der Waals surface area (Å²) in [5.74, 6) is 0.285. The van der Waals surface area contributed by atoms with Crippen molar-refractivity contribution < 1.29 is 9.13 Å². The van der Waals surface area contributed by atoms with Gasteiger partial charge in [0.05, 0.1) is 5.69 Å². The molecule has 0 amide bonds. The van der Waals surface area contributed by atoms with Crippen molar-refractivity contribution in [1.82, 2.24) is 0 Å². The molecule has 0 spiro atoms. The highest BCUT2D eigenvalue weighted by molar-refractivity contribution is 6.30. The van der Waals surface area contributed by atoms with Crippen molar-refractivity contribution in [2.45, 2.75) is 6.54 Å². The van der Waals surface area contributed by atoms with Crippen LogP contribution in [-0.2, 0) is 6.54 Å². The number of nitriles is 1. The predicted molar refractivity (Wildman–Crippen MR) is 76.3 cm³/mol. The van der Waals surface area contributed by atoms with Crippen LogP contribution in [0.3, 0.4) is 0 Å². The van der Waals surface area contributed by atoms with E-state index in [1.165, 1.54) is 12.1 Å².